The molecule has 1 aliphatic heterocycles. The van der Waals surface area contributed by atoms with Crippen molar-refractivity contribution >= 4 is 5.69 Å². The molecule has 2 aromatic carbocycles. The van der Waals surface area contributed by atoms with Gasteiger partial charge in [-0.25, -0.2) is 5.06 Å². The zero-order valence-electron chi connectivity index (χ0n) is 11.1. The zero-order chi connectivity index (χ0) is 14.9. The lowest BCUT2D eigenvalue weighted by Gasteiger charge is -2.28. The molecule has 0 bridgehead atoms. The Morgan fingerprint density at radius 2 is 1.48 bits per heavy atom. The summed E-state index contributed by atoms with van der Waals surface area (Å²) >= 11 is 0. The maximum absolute atomic E-state index is 13.3. The highest BCUT2D eigenvalue weighted by molar-refractivity contribution is 5.47. The van der Waals surface area contributed by atoms with Crippen LogP contribution >= 0.6 is 0 Å². The predicted molar refractivity (Wildman–Crippen MR) is 73.6 cm³/mol. The molecule has 1 aliphatic rings. The van der Waals surface area contributed by atoms with E-state index in [4.69, 9.17) is 4.84 Å². The van der Waals surface area contributed by atoms with Gasteiger partial charge >= 0.3 is 6.18 Å². The molecule has 1 heterocycles. The average molecular weight is 293 g/mol. The Balaban J connectivity index is 2.01. The van der Waals surface area contributed by atoms with Crippen molar-refractivity contribution in [1.82, 2.24) is 0 Å². The maximum atomic E-state index is 13.3. The van der Waals surface area contributed by atoms with E-state index in [2.05, 4.69) is 0 Å². The van der Waals surface area contributed by atoms with Crippen LogP contribution in [0, 0.1) is 5.92 Å². The summed E-state index contributed by atoms with van der Waals surface area (Å²) in [6, 6.07) is 16.7. The molecule has 110 valence electrons. The SMILES string of the molecule is FC(F)(F)C1CON(c2ccccc2)C1c1ccccc1. The van der Waals surface area contributed by atoms with E-state index in [9.17, 15) is 13.2 Å². The number of rotatable bonds is 2. The van der Waals surface area contributed by atoms with Crippen molar-refractivity contribution in [2.75, 3.05) is 11.7 Å². The molecule has 1 fully saturated rings. The van der Waals surface area contributed by atoms with Gasteiger partial charge in [-0.2, -0.15) is 13.2 Å². The van der Waals surface area contributed by atoms with Crippen molar-refractivity contribution in [3.8, 4) is 0 Å². The molecule has 2 aromatic rings. The summed E-state index contributed by atoms with van der Waals surface area (Å²) in [5.41, 5.74) is 1.22. The fraction of sp³-hybridized carbons (Fsp3) is 0.250. The summed E-state index contributed by atoms with van der Waals surface area (Å²) in [6.07, 6.45) is -4.30. The summed E-state index contributed by atoms with van der Waals surface area (Å²) in [6.45, 7) is -0.363. The highest BCUT2D eigenvalue weighted by Gasteiger charge is 2.52. The number of para-hydroxylation sites is 1. The Kier molecular flexibility index (Phi) is 3.59. The average Bonchev–Trinajstić information content (AvgIpc) is 2.94. The summed E-state index contributed by atoms with van der Waals surface area (Å²) in [5, 5.41) is 1.37. The minimum atomic E-state index is -4.30. The first-order valence-electron chi connectivity index (χ1n) is 6.66. The molecule has 2 unspecified atom stereocenters. The van der Waals surface area contributed by atoms with Crippen LogP contribution in [0.4, 0.5) is 18.9 Å². The van der Waals surface area contributed by atoms with Gasteiger partial charge < -0.3 is 0 Å². The molecule has 0 aliphatic carbocycles. The third kappa shape index (κ3) is 2.74. The second-order valence-corrected chi connectivity index (χ2v) is 4.96. The number of anilines is 1. The topological polar surface area (TPSA) is 12.5 Å². The van der Waals surface area contributed by atoms with Gasteiger partial charge in [-0.1, -0.05) is 48.5 Å². The molecule has 0 spiro atoms. The quantitative estimate of drug-likeness (QED) is 0.816. The van der Waals surface area contributed by atoms with Gasteiger partial charge in [0.25, 0.3) is 0 Å². The van der Waals surface area contributed by atoms with E-state index in [1.807, 2.05) is 6.07 Å². The first-order chi connectivity index (χ1) is 10.1. The Bertz CT molecular complexity index is 585. The molecular weight excluding hydrogens is 279 g/mol. The largest absolute Gasteiger partial charge is 0.396 e. The van der Waals surface area contributed by atoms with Gasteiger partial charge in [0.15, 0.2) is 0 Å². The number of hydrogen-bond donors (Lipinski definition) is 0. The second-order valence-electron chi connectivity index (χ2n) is 4.96. The van der Waals surface area contributed by atoms with E-state index in [1.165, 1.54) is 5.06 Å². The Labute approximate surface area is 120 Å². The van der Waals surface area contributed by atoms with Crippen molar-refractivity contribution in [2.24, 2.45) is 5.92 Å². The Hall–Kier alpha value is -2.01. The van der Waals surface area contributed by atoms with E-state index in [0.717, 1.165) is 0 Å². The molecule has 1 saturated heterocycles. The van der Waals surface area contributed by atoms with Gasteiger partial charge in [-0.15, -0.1) is 0 Å². The number of hydroxylamine groups is 1. The van der Waals surface area contributed by atoms with Gasteiger partial charge in [-0.05, 0) is 17.7 Å². The van der Waals surface area contributed by atoms with Crippen molar-refractivity contribution < 1.29 is 18.0 Å². The van der Waals surface area contributed by atoms with Crippen LogP contribution in [-0.2, 0) is 4.84 Å². The molecule has 0 amide bonds. The van der Waals surface area contributed by atoms with E-state index in [1.54, 1.807) is 54.6 Å². The number of nitrogens with zero attached hydrogens (tertiary/aromatic N) is 1. The van der Waals surface area contributed by atoms with Crippen molar-refractivity contribution in [2.45, 2.75) is 12.2 Å². The first-order valence-corrected chi connectivity index (χ1v) is 6.66. The minimum Gasteiger partial charge on any atom is -0.272 e. The molecular formula is C16H14F3NO. The second kappa shape index (κ2) is 5.41. The lowest BCUT2D eigenvalue weighted by Crippen LogP contribution is -2.32. The van der Waals surface area contributed by atoms with Crippen LogP contribution in [0.15, 0.2) is 60.7 Å². The molecule has 5 heteroatoms. The van der Waals surface area contributed by atoms with Gasteiger partial charge in [-0.3, -0.25) is 4.84 Å². The third-order valence-corrected chi connectivity index (χ3v) is 3.60. The number of halogens is 3. The Morgan fingerprint density at radius 3 is 2.05 bits per heavy atom. The van der Waals surface area contributed by atoms with Crippen LogP contribution in [0.3, 0.4) is 0 Å². The molecule has 2 nitrogen and oxygen atoms in total. The van der Waals surface area contributed by atoms with Crippen LogP contribution in [0.5, 0.6) is 0 Å². The number of hydrogen-bond acceptors (Lipinski definition) is 2. The zero-order valence-corrected chi connectivity index (χ0v) is 11.1. The van der Waals surface area contributed by atoms with Gasteiger partial charge in [0.05, 0.1) is 18.3 Å². The molecule has 0 radical (unpaired) electrons. The van der Waals surface area contributed by atoms with Crippen molar-refractivity contribution in [3.63, 3.8) is 0 Å². The van der Waals surface area contributed by atoms with Crippen LogP contribution in [-0.4, -0.2) is 12.8 Å². The molecule has 0 saturated carbocycles. The van der Waals surface area contributed by atoms with Crippen LogP contribution < -0.4 is 5.06 Å². The van der Waals surface area contributed by atoms with Crippen molar-refractivity contribution in [1.29, 1.82) is 0 Å². The fourth-order valence-electron chi connectivity index (χ4n) is 2.60. The summed E-state index contributed by atoms with van der Waals surface area (Å²) < 4.78 is 39.8. The monoisotopic (exact) mass is 293 g/mol. The lowest BCUT2D eigenvalue weighted by atomic mass is 9.93. The third-order valence-electron chi connectivity index (χ3n) is 3.60. The van der Waals surface area contributed by atoms with Crippen molar-refractivity contribution in [3.05, 3.63) is 66.2 Å². The van der Waals surface area contributed by atoms with Gasteiger partial charge in [0.2, 0.25) is 0 Å². The minimum absolute atomic E-state index is 0.363. The van der Waals surface area contributed by atoms with E-state index >= 15 is 0 Å². The van der Waals surface area contributed by atoms with E-state index < -0.39 is 18.1 Å². The number of benzene rings is 2. The first kappa shape index (κ1) is 13.9. The van der Waals surface area contributed by atoms with E-state index in [0.29, 0.717) is 11.3 Å². The normalized spacial score (nSPS) is 22.5. The summed E-state index contributed by atoms with van der Waals surface area (Å²) in [4.78, 5) is 5.36. The maximum Gasteiger partial charge on any atom is 0.396 e. The summed E-state index contributed by atoms with van der Waals surface area (Å²) in [5.74, 6) is -1.54. The summed E-state index contributed by atoms with van der Waals surface area (Å²) in [7, 11) is 0. The van der Waals surface area contributed by atoms with E-state index in [-0.39, 0.29) is 6.61 Å². The van der Waals surface area contributed by atoms with Gasteiger partial charge in [0.1, 0.15) is 5.92 Å². The highest BCUT2D eigenvalue weighted by Crippen LogP contribution is 2.46. The molecule has 21 heavy (non-hydrogen) atoms. The fourth-order valence-corrected chi connectivity index (χ4v) is 2.60. The smallest absolute Gasteiger partial charge is 0.272 e. The molecule has 0 N–H and O–H groups in total. The van der Waals surface area contributed by atoms with Gasteiger partial charge in [0, 0.05) is 0 Å². The molecule has 3 rings (SSSR count). The number of alkyl halides is 3. The van der Waals surface area contributed by atoms with Crippen LogP contribution in [0.25, 0.3) is 0 Å². The molecule has 0 aromatic heterocycles. The molecule has 2 atom stereocenters. The standard InChI is InChI=1S/C16H14F3NO/c17-16(18,19)14-11-21-20(13-9-5-2-6-10-13)15(14)12-7-3-1-4-8-12/h1-10,14-15H,11H2. The van der Waals surface area contributed by atoms with Crippen LogP contribution in [0.2, 0.25) is 0 Å². The highest BCUT2D eigenvalue weighted by atomic mass is 19.4. The Morgan fingerprint density at radius 1 is 0.905 bits per heavy atom. The predicted octanol–water partition coefficient (Wildman–Crippen LogP) is 4.36. The van der Waals surface area contributed by atoms with Crippen LogP contribution in [0.1, 0.15) is 11.6 Å². The lowest BCUT2D eigenvalue weighted by molar-refractivity contribution is -0.176.